The molecule has 2 rings (SSSR count). The highest BCUT2D eigenvalue weighted by Crippen LogP contribution is 2.24. The first-order chi connectivity index (χ1) is 9.00. The van der Waals surface area contributed by atoms with Crippen LogP contribution >= 0.6 is 0 Å². The average Bonchev–Trinajstić information content (AvgIpc) is 2.76. The Hall–Kier alpha value is -1.09. The van der Waals surface area contributed by atoms with Crippen LogP contribution in [0.2, 0.25) is 0 Å². The highest BCUT2D eigenvalue weighted by molar-refractivity contribution is 7.91. The monoisotopic (exact) mass is 284 g/mol. The molecule has 6 heteroatoms. The number of rotatable bonds is 3. The highest BCUT2D eigenvalue weighted by Gasteiger charge is 2.29. The lowest BCUT2D eigenvalue weighted by Gasteiger charge is -2.29. The van der Waals surface area contributed by atoms with Gasteiger partial charge < -0.3 is 4.90 Å². The summed E-state index contributed by atoms with van der Waals surface area (Å²) in [4.78, 5) is 13.8. The van der Waals surface area contributed by atoms with Gasteiger partial charge in [-0.3, -0.25) is 4.79 Å². The van der Waals surface area contributed by atoms with Crippen LogP contribution in [0, 0.1) is 23.2 Å². The largest absolute Gasteiger partial charge is 0.343 e. The Morgan fingerprint density at radius 1 is 1.26 bits per heavy atom. The van der Waals surface area contributed by atoms with Crippen molar-refractivity contribution in [2.75, 3.05) is 24.6 Å². The van der Waals surface area contributed by atoms with Gasteiger partial charge in [-0.05, 0) is 31.6 Å². The Kier molecular flexibility index (Phi) is 4.46. The maximum atomic E-state index is 12.0. The number of amides is 1. The minimum absolute atomic E-state index is 0.0871. The number of nitriles is 1. The van der Waals surface area contributed by atoms with Gasteiger partial charge in [-0.25, -0.2) is 8.42 Å². The Bertz CT molecular complexity index is 473. The van der Waals surface area contributed by atoms with E-state index in [-0.39, 0.29) is 29.2 Å². The predicted molar refractivity (Wildman–Crippen MR) is 70.9 cm³/mol. The van der Waals surface area contributed by atoms with Crippen LogP contribution in [0.25, 0.3) is 0 Å². The van der Waals surface area contributed by atoms with Gasteiger partial charge in [0.2, 0.25) is 5.91 Å². The second kappa shape index (κ2) is 5.91. The summed E-state index contributed by atoms with van der Waals surface area (Å²) in [6, 6.07) is 2.24. The van der Waals surface area contributed by atoms with Crippen molar-refractivity contribution in [3.63, 3.8) is 0 Å². The van der Waals surface area contributed by atoms with Gasteiger partial charge in [-0.2, -0.15) is 5.26 Å². The highest BCUT2D eigenvalue weighted by atomic mass is 32.2. The molecule has 0 aromatic heterocycles. The molecule has 1 amide bonds. The van der Waals surface area contributed by atoms with Gasteiger partial charge in [-0.1, -0.05) is 0 Å². The maximum absolute atomic E-state index is 12.0. The van der Waals surface area contributed by atoms with Crippen molar-refractivity contribution in [3.8, 4) is 6.07 Å². The maximum Gasteiger partial charge on any atom is 0.222 e. The summed E-state index contributed by atoms with van der Waals surface area (Å²) in [6.07, 6.45) is 3.35. The molecular formula is C13H20N2O3S. The van der Waals surface area contributed by atoms with Crippen LogP contribution in [0.5, 0.6) is 0 Å². The minimum atomic E-state index is -2.84. The fourth-order valence-electron chi connectivity index (χ4n) is 2.84. The number of hydrogen-bond acceptors (Lipinski definition) is 4. The normalized spacial score (nSPS) is 27.1. The van der Waals surface area contributed by atoms with E-state index in [0.29, 0.717) is 32.4 Å². The first kappa shape index (κ1) is 14.3. The second-order valence-corrected chi connectivity index (χ2v) is 7.82. The van der Waals surface area contributed by atoms with E-state index in [1.165, 1.54) is 0 Å². The third-order valence-electron chi connectivity index (χ3n) is 4.12. The third-order valence-corrected chi connectivity index (χ3v) is 5.96. The summed E-state index contributed by atoms with van der Waals surface area (Å²) < 4.78 is 22.7. The van der Waals surface area contributed by atoms with Crippen molar-refractivity contribution in [2.45, 2.75) is 32.1 Å². The summed E-state index contributed by atoms with van der Waals surface area (Å²) in [5, 5.41) is 8.80. The number of nitrogens with zero attached hydrogens (tertiary/aromatic N) is 2. The quantitative estimate of drug-likeness (QED) is 0.773. The van der Waals surface area contributed by atoms with E-state index in [4.69, 9.17) is 5.26 Å². The van der Waals surface area contributed by atoms with Gasteiger partial charge in [0, 0.05) is 25.4 Å². The summed E-state index contributed by atoms with van der Waals surface area (Å²) in [5.74, 6) is 0.881. The van der Waals surface area contributed by atoms with Gasteiger partial charge in [0.05, 0.1) is 17.6 Å². The van der Waals surface area contributed by atoms with E-state index >= 15 is 0 Å². The molecule has 2 fully saturated rings. The number of carbonyl (C=O) groups excluding carboxylic acids is 1. The first-order valence-corrected chi connectivity index (χ1v) is 8.70. The molecule has 0 saturated carbocycles. The second-order valence-electron chi connectivity index (χ2n) is 5.59. The summed E-state index contributed by atoms with van der Waals surface area (Å²) >= 11 is 0. The Balaban J connectivity index is 1.72. The van der Waals surface area contributed by atoms with Crippen LogP contribution < -0.4 is 0 Å². The van der Waals surface area contributed by atoms with Crippen molar-refractivity contribution in [1.29, 1.82) is 5.26 Å². The smallest absolute Gasteiger partial charge is 0.222 e. The molecule has 0 radical (unpaired) electrons. The van der Waals surface area contributed by atoms with Crippen LogP contribution in [-0.4, -0.2) is 43.8 Å². The SMILES string of the molecule is N#CC1CCN(C(=O)CCC2CCS(=O)(=O)C2)CC1. The van der Waals surface area contributed by atoms with Crippen molar-refractivity contribution in [3.05, 3.63) is 0 Å². The molecular weight excluding hydrogens is 264 g/mol. The van der Waals surface area contributed by atoms with Crippen molar-refractivity contribution in [1.82, 2.24) is 4.90 Å². The van der Waals surface area contributed by atoms with Crippen LogP contribution in [0.3, 0.4) is 0 Å². The van der Waals surface area contributed by atoms with Crippen LogP contribution in [-0.2, 0) is 14.6 Å². The molecule has 0 bridgehead atoms. The van der Waals surface area contributed by atoms with Gasteiger partial charge in [0.1, 0.15) is 0 Å². The molecule has 0 aliphatic carbocycles. The topological polar surface area (TPSA) is 78.2 Å². The van der Waals surface area contributed by atoms with E-state index in [1.807, 2.05) is 4.90 Å². The lowest BCUT2D eigenvalue weighted by molar-refractivity contribution is -0.132. The number of sulfone groups is 1. The zero-order valence-corrected chi connectivity index (χ0v) is 11.9. The minimum Gasteiger partial charge on any atom is -0.343 e. The molecule has 106 valence electrons. The molecule has 0 aromatic rings. The van der Waals surface area contributed by atoms with Crippen LogP contribution in [0.1, 0.15) is 32.1 Å². The molecule has 0 N–H and O–H groups in total. The molecule has 19 heavy (non-hydrogen) atoms. The van der Waals surface area contributed by atoms with Gasteiger partial charge in [-0.15, -0.1) is 0 Å². The zero-order valence-electron chi connectivity index (χ0n) is 11.0. The molecule has 5 nitrogen and oxygen atoms in total. The van der Waals surface area contributed by atoms with Gasteiger partial charge in [0.25, 0.3) is 0 Å². The van der Waals surface area contributed by atoms with E-state index in [0.717, 1.165) is 12.8 Å². The lowest BCUT2D eigenvalue weighted by Crippen LogP contribution is -2.38. The summed E-state index contributed by atoms with van der Waals surface area (Å²) in [6.45, 7) is 1.33. The van der Waals surface area contributed by atoms with E-state index in [9.17, 15) is 13.2 Å². The Morgan fingerprint density at radius 2 is 1.95 bits per heavy atom. The molecule has 2 aliphatic rings. The van der Waals surface area contributed by atoms with Crippen molar-refractivity contribution >= 4 is 15.7 Å². The number of carbonyl (C=O) groups is 1. The van der Waals surface area contributed by atoms with Crippen molar-refractivity contribution in [2.24, 2.45) is 11.8 Å². The molecule has 1 unspecified atom stereocenters. The molecule has 0 spiro atoms. The summed E-state index contributed by atoms with van der Waals surface area (Å²) in [7, 11) is -2.84. The molecule has 2 saturated heterocycles. The Morgan fingerprint density at radius 3 is 2.47 bits per heavy atom. The lowest BCUT2D eigenvalue weighted by atomic mass is 9.97. The number of piperidine rings is 1. The van der Waals surface area contributed by atoms with E-state index in [1.54, 1.807) is 0 Å². The standard InChI is InChI=1S/C13H20N2O3S/c14-9-11-3-6-15(7-4-11)13(16)2-1-12-5-8-19(17,18)10-12/h11-12H,1-8,10H2. The van der Waals surface area contributed by atoms with E-state index < -0.39 is 9.84 Å². The summed E-state index contributed by atoms with van der Waals surface area (Å²) in [5.41, 5.74) is 0. The third kappa shape index (κ3) is 3.93. The first-order valence-electron chi connectivity index (χ1n) is 6.88. The molecule has 2 aliphatic heterocycles. The average molecular weight is 284 g/mol. The van der Waals surface area contributed by atoms with Crippen LogP contribution in [0.15, 0.2) is 0 Å². The predicted octanol–water partition coefficient (Wildman–Crippen LogP) is 0.963. The Labute approximate surface area is 114 Å². The molecule has 1 atom stereocenters. The fourth-order valence-corrected chi connectivity index (χ4v) is 4.75. The number of hydrogen-bond donors (Lipinski definition) is 0. The fraction of sp³-hybridized carbons (Fsp3) is 0.846. The van der Waals surface area contributed by atoms with E-state index in [2.05, 4.69) is 6.07 Å². The molecule has 2 heterocycles. The van der Waals surface area contributed by atoms with Crippen LogP contribution in [0.4, 0.5) is 0 Å². The van der Waals surface area contributed by atoms with Crippen molar-refractivity contribution < 1.29 is 13.2 Å². The zero-order chi connectivity index (χ0) is 13.9. The number of likely N-dealkylation sites (tertiary alicyclic amines) is 1. The molecule has 0 aromatic carbocycles. The van der Waals surface area contributed by atoms with Gasteiger partial charge >= 0.3 is 0 Å². The van der Waals surface area contributed by atoms with Gasteiger partial charge in [0.15, 0.2) is 9.84 Å².